The van der Waals surface area contributed by atoms with Gasteiger partial charge in [-0.3, -0.25) is 19.8 Å². The summed E-state index contributed by atoms with van der Waals surface area (Å²) in [6.07, 6.45) is 0.610. The minimum atomic E-state index is -4.00. The van der Waals surface area contributed by atoms with Crippen molar-refractivity contribution in [3.05, 3.63) is 63.2 Å². The number of carbonyl (C=O) groups excluding carboxylic acids is 1. The van der Waals surface area contributed by atoms with E-state index in [4.69, 9.17) is 0 Å². The van der Waals surface area contributed by atoms with Gasteiger partial charge in [0.15, 0.2) is 0 Å². The van der Waals surface area contributed by atoms with Crippen molar-refractivity contribution < 1.29 is 18.1 Å². The van der Waals surface area contributed by atoms with Gasteiger partial charge in [-0.15, -0.1) is 0 Å². The molecule has 1 heterocycles. The van der Waals surface area contributed by atoms with Crippen molar-refractivity contribution >= 4 is 27.3 Å². The number of nitro groups is 1. The molecule has 196 valence electrons. The van der Waals surface area contributed by atoms with E-state index in [0.29, 0.717) is 13.0 Å². The van der Waals surface area contributed by atoms with Crippen LogP contribution in [0.2, 0.25) is 0 Å². The smallest absolute Gasteiger partial charge is 0.296 e. The van der Waals surface area contributed by atoms with E-state index in [9.17, 15) is 23.3 Å². The van der Waals surface area contributed by atoms with Gasteiger partial charge in [0, 0.05) is 31.7 Å². The molecule has 0 aromatic heterocycles. The fraction of sp³-hybridized carbons (Fsp3) is 0.480. The lowest BCUT2D eigenvalue weighted by Crippen LogP contribution is -2.34. The van der Waals surface area contributed by atoms with E-state index in [0.717, 1.165) is 30.8 Å². The zero-order chi connectivity index (χ0) is 26.5. The van der Waals surface area contributed by atoms with Crippen molar-refractivity contribution in [1.82, 2.24) is 14.9 Å². The molecule has 0 saturated carbocycles. The second kappa shape index (κ2) is 11.4. The maximum atomic E-state index is 13.0. The fourth-order valence-electron chi connectivity index (χ4n) is 4.31. The zero-order valence-electron chi connectivity index (χ0n) is 21.3. The molecular weight excluding hydrogens is 482 g/mol. The number of amides is 1. The molecule has 3 N–H and O–H groups in total. The molecule has 1 saturated heterocycles. The van der Waals surface area contributed by atoms with Crippen LogP contribution in [0.4, 0.5) is 11.4 Å². The van der Waals surface area contributed by atoms with Crippen molar-refractivity contribution in [1.29, 1.82) is 0 Å². The van der Waals surface area contributed by atoms with E-state index >= 15 is 0 Å². The number of nitrogens with zero attached hydrogens (tertiary/aromatic N) is 2. The lowest BCUT2D eigenvalue weighted by atomic mass is 9.89. The van der Waals surface area contributed by atoms with Crippen LogP contribution >= 0.6 is 0 Å². The number of benzene rings is 2. The van der Waals surface area contributed by atoms with E-state index in [1.54, 1.807) is 6.92 Å². The molecule has 1 unspecified atom stereocenters. The zero-order valence-corrected chi connectivity index (χ0v) is 22.1. The number of sulfonamides is 1. The number of anilines is 1. The van der Waals surface area contributed by atoms with Gasteiger partial charge in [0.05, 0.1) is 15.2 Å². The molecule has 0 radical (unpaired) electrons. The summed E-state index contributed by atoms with van der Waals surface area (Å²) >= 11 is 0. The predicted molar refractivity (Wildman–Crippen MR) is 139 cm³/mol. The molecule has 0 spiro atoms. The van der Waals surface area contributed by atoms with Crippen LogP contribution in [0, 0.1) is 22.5 Å². The Morgan fingerprint density at radius 2 is 1.75 bits per heavy atom. The van der Waals surface area contributed by atoms with E-state index in [1.807, 2.05) is 24.3 Å². The molecular formula is C25H35N5O5S. The number of rotatable bonds is 12. The fourth-order valence-corrected chi connectivity index (χ4v) is 5.57. The van der Waals surface area contributed by atoms with Gasteiger partial charge in [0.1, 0.15) is 5.69 Å². The van der Waals surface area contributed by atoms with Crippen LogP contribution in [-0.2, 0) is 27.9 Å². The molecule has 2 aromatic carbocycles. The quantitative estimate of drug-likeness (QED) is 0.291. The summed E-state index contributed by atoms with van der Waals surface area (Å²) < 4.78 is 28.7. The molecule has 1 amide bonds. The Hall–Kier alpha value is -3.02. The van der Waals surface area contributed by atoms with E-state index in [-0.39, 0.29) is 40.8 Å². The Morgan fingerprint density at radius 3 is 2.31 bits per heavy atom. The second-order valence-electron chi connectivity index (χ2n) is 9.36. The molecule has 1 fully saturated rings. The summed E-state index contributed by atoms with van der Waals surface area (Å²) in [7, 11) is -4.00. The second-order valence-corrected chi connectivity index (χ2v) is 11.1. The van der Waals surface area contributed by atoms with Gasteiger partial charge in [0.25, 0.3) is 5.69 Å². The van der Waals surface area contributed by atoms with E-state index in [2.05, 4.69) is 34.1 Å². The van der Waals surface area contributed by atoms with Gasteiger partial charge in [-0.1, -0.05) is 38.1 Å². The molecule has 11 heteroatoms. The molecule has 1 atom stereocenters. The molecule has 2 aromatic rings. The first-order valence-corrected chi connectivity index (χ1v) is 13.6. The monoisotopic (exact) mass is 517 g/mol. The van der Waals surface area contributed by atoms with Crippen molar-refractivity contribution in [2.75, 3.05) is 31.5 Å². The Bertz CT molecular complexity index is 1210. The molecule has 36 heavy (non-hydrogen) atoms. The Labute approximate surface area is 212 Å². The number of nitrogens with one attached hydrogen (secondary N) is 3. The molecule has 10 nitrogen and oxygen atoms in total. The number of hydrogen-bond acceptors (Lipinski definition) is 7. The first-order valence-electron chi connectivity index (χ1n) is 12.1. The minimum absolute atomic E-state index is 0.0353. The van der Waals surface area contributed by atoms with E-state index in [1.165, 1.54) is 19.1 Å². The Kier molecular flexibility index (Phi) is 8.70. The largest absolute Gasteiger partial charge is 0.378 e. The predicted octanol–water partition coefficient (Wildman–Crippen LogP) is 3.16. The summed E-state index contributed by atoms with van der Waals surface area (Å²) in [6, 6.07) is 10.5. The summed E-state index contributed by atoms with van der Waals surface area (Å²) in [5.74, 6) is -0.112. The third kappa shape index (κ3) is 6.21. The van der Waals surface area contributed by atoms with Crippen molar-refractivity contribution in [2.24, 2.45) is 5.41 Å². The van der Waals surface area contributed by atoms with Crippen LogP contribution in [0.5, 0.6) is 0 Å². The highest BCUT2D eigenvalue weighted by Crippen LogP contribution is 2.35. The third-order valence-corrected chi connectivity index (χ3v) is 8.37. The van der Waals surface area contributed by atoms with Crippen LogP contribution < -0.4 is 15.4 Å². The SMILES string of the molecule is CCN(CC)Cc1ccc(CNS(=O)(=O)c2ccc(NCC3(C)CCNC3=O)c([N+](=O)[O-])c2C)cc1. The average molecular weight is 518 g/mol. The van der Waals surface area contributed by atoms with Crippen LogP contribution in [0.25, 0.3) is 0 Å². The Morgan fingerprint density at radius 1 is 1.11 bits per heavy atom. The summed E-state index contributed by atoms with van der Waals surface area (Å²) in [5.41, 5.74) is 1.14. The summed E-state index contributed by atoms with van der Waals surface area (Å²) in [6.45, 7) is 11.0. The standard InChI is InChI=1S/C25H35N5O5S/c1-5-29(6-2)16-20-9-7-19(8-10-20)15-28-36(34,35)22-12-11-21(23(18(22)3)30(32)33)27-17-25(4)13-14-26-24(25)31/h7-12,27-28H,5-6,13-17H2,1-4H3,(H,26,31). The highest BCUT2D eigenvalue weighted by atomic mass is 32.2. The van der Waals surface area contributed by atoms with Crippen LogP contribution in [0.15, 0.2) is 41.3 Å². The third-order valence-electron chi connectivity index (χ3n) is 6.82. The van der Waals surface area contributed by atoms with Gasteiger partial charge >= 0.3 is 0 Å². The van der Waals surface area contributed by atoms with Crippen molar-refractivity contribution in [3.63, 3.8) is 0 Å². The first kappa shape index (κ1) is 27.6. The van der Waals surface area contributed by atoms with Gasteiger partial charge in [-0.05, 0) is 56.6 Å². The lowest BCUT2D eigenvalue weighted by molar-refractivity contribution is -0.384. The van der Waals surface area contributed by atoms with Crippen molar-refractivity contribution in [3.8, 4) is 0 Å². The maximum absolute atomic E-state index is 13.0. The normalized spacial score (nSPS) is 17.9. The Balaban J connectivity index is 1.74. The first-order chi connectivity index (χ1) is 17.0. The lowest BCUT2D eigenvalue weighted by Gasteiger charge is -2.22. The van der Waals surface area contributed by atoms with E-state index < -0.39 is 20.4 Å². The molecule has 0 aliphatic carbocycles. The highest BCUT2D eigenvalue weighted by molar-refractivity contribution is 7.89. The number of nitro benzene ring substituents is 1. The topological polar surface area (TPSA) is 134 Å². The van der Waals surface area contributed by atoms with Gasteiger partial charge < -0.3 is 10.6 Å². The molecule has 1 aliphatic rings. The molecule has 3 rings (SSSR count). The van der Waals surface area contributed by atoms with Gasteiger partial charge in [-0.2, -0.15) is 0 Å². The minimum Gasteiger partial charge on any atom is -0.378 e. The maximum Gasteiger partial charge on any atom is 0.296 e. The van der Waals surface area contributed by atoms with Gasteiger partial charge in [-0.25, -0.2) is 13.1 Å². The van der Waals surface area contributed by atoms with Crippen molar-refractivity contribution in [2.45, 2.75) is 52.1 Å². The van der Waals surface area contributed by atoms with Crippen LogP contribution in [0.1, 0.15) is 43.9 Å². The van der Waals surface area contributed by atoms with Crippen LogP contribution in [-0.4, -0.2) is 50.3 Å². The number of carbonyl (C=O) groups is 1. The molecule has 0 bridgehead atoms. The number of hydrogen-bond donors (Lipinski definition) is 3. The van der Waals surface area contributed by atoms with Crippen LogP contribution in [0.3, 0.4) is 0 Å². The summed E-state index contributed by atoms with van der Waals surface area (Å²) in [5, 5.41) is 17.6. The average Bonchev–Trinajstić information content (AvgIpc) is 3.18. The summed E-state index contributed by atoms with van der Waals surface area (Å²) in [4.78, 5) is 25.5. The molecule has 1 aliphatic heterocycles. The highest BCUT2D eigenvalue weighted by Gasteiger charge is 2.38. The van der Waals surface area contributed by atoms with Gasteiger partial charge in [0.2, 0.25) is 15.9 Å².